The van der Waals surface area contributed by atoms with Gasteiger partial charge in [0, 0.05) is 17.5 Å². The molecule has 0 bridgehead atoms. The first-order valence-corrected chi connectivity index (χ1v) is 10.1. The van der Waals surface area contributed by atoms with Crippen LogP contribution in [0.3, 0.4) is 0 Å². The number of carbonyl (C=O) groups excluding carboxylic acids is 1. The van der Waals surface area contributed by atoms with Gasteiger partial charge in [-0.25, -0.2) is 0 Å². The molecule has 0 saturated carbocycles. The summed E-state index contributed by atoms with van der Waals surface area (Å²) in [6, 6.07) is 22.4. The van der Waals surface area contributed by atoms with E-state index < -0.39 is 0 Å². The molecule has 0 aliphatic rings. The third kappa shape index (κ3) is 4.15. The summed E-state index contributed by atoms with van der Waals surface area (Å²) in [4.78, 5) is 11.8. The molecule has 4 aromatic rings. The molecule has 0 saturated heterocycles. The third-order valence-electron chi connectivity index (χ3n) is 5.31. The maximum absolute atomic E-state index is 11.8. The number of nitriles is 1. The smallest absolute Gasteiger partial charge is 0.306 e. The number of nitrogens with zero attached hydrogens (tertiary/aromatic N) is 1. The van der Waals surface area contributed by atoms with Crippen molar-refractivity contribution in [1.29, 1.82) is 5.26 Å². The molecule has 31 heavy (non-hydrogen) atoms. The zero-order valence-corrected chi connectivity index (χ0v) is 16.8. The van der Waals surface area contributed by atoms with Crippen LogP contribution >= 0.6 is 0 Å². The van der Waals surface area contributed by atoms with Crippen LogP contribution in [0.5, 0.6) is 11.5 Å². The second-order valence-corrected chi connectivity index (χ2v) is 7.32. The van der Waals surface area contributed by atoms with Gasteiger partial charge in [0.15, 0.2) is 0 Å². The van der Waals surface area contributed by atoms with Crippen LogP contribution in [0, 0.1) is 11.3 Å². The van der Waals surface area contributed by atoms with E-state index >= 15 is 0 Å². The average molecular weight is 411 g/mol. The molecular weight excluding hydrogens is 390 g/mol. The number of carbonyl (C=O) groups is 1. The molecule has 154 valence electrons. The molecule has 4 aromatic carbocycles. The molecule has 0 heterocycles. The lowest BCUT2D eigenvalue weighted by molar-refractivity contribution is -0.143. The first-order valence-electron chi connectivity index (χ1n) is 10.1. The molecule has 0 spiro atoms. The van der Waals surface area contributed by atoms with Gasteiger partial charge in [-0.2, -0.15) is 5.26 Å². The lowest BCUT2D eigenvalue weighted by Gasteiger charge is -2.15. The molecule has 0 aromatic heterocycles. The Bertz CT molecular complexity index is 1320. The van der Waals surface area contributed by atoms with Crippen LogP contribution in [0.25, 0.3) is 32.7 Å². The van der Waals surface area contributed by atoms with E-state index in [0.29, 0.717) is 17.5 Å². The van der Waals surface area contributed by atoms with Crippen molar-refractivity contribution >= 4 is 27.5 Å². The molecule has 0 amide bonds. The molecule has 0 fully saturated rings. The maximum atomic E-state index is 11.8. The second kappa shape index (κ2) is 8.76. The molecule has 5 nitrogen and oxygen atoms in total. The minimum atomic E-state index is -0.331. The van der Waals surface area contributed by atoms with Crippen molar-refractivity contribution in [2.45, 2.75) is 19.3 Å². The quantitative estimate of drug-likeness (QED) is 0.325. The fraction of sp³-hybridized carbons (Fsp3) is 0.154. The van der Waals surface area contributed by atoms with Crippen LogP contribution < -0.4 is 0 Å². The SMILES string of the molecule is N#CCCOC(=O)CCc1ccc2c(-c3c(O)ccc4ccccc34)c(O)ccc2c1. The molecule has 0 radical (unpaired) electrons. The molecule has 0 unspecified atom stereocenters. The number of fused-ring (bicyclic) bond motifs is 2. The number of phenols is 2. The fourth-order valence-electron chi connectivity index (χ4n) is 3.84. The highest BCUT2D eigenvalue weighted by Gasteiger charge is 2.17. The van der Waals surface area contributed by atoms with Gasteiger partial charge < -0.3 is 14.9 Å². The number of aromatic hydroxyl groups is 2. The van der Waals surface area contributed by atoms with Crippen LogP contribution in [0.15, 0.2) is 66.7 Å². The van der Waals surface area contributed by atoms with Gasteiger partial charge in [0.2, 0.25) is 0 Å². The Kier molecular flexibility index (Phi) is 5.72. The third-order valence-corrected chi connectivity index (χ3v) is 5.31. The highest BCUT2D eigenvalue weighted by Crippen LogP contribution is 2.44. The van der Waals surface area contributed by atoms with E-state index in [0.717, 1.165) is 27.1 Å². The van der Waals surface area contributed by atoms with E-state index in [9.17, 15) is 15.0 Å². The summed E-state index contributed by atoms with van der Waals surface area (Å²) < 4.78 is 5.02. The van der Waals surface area contributed by atoms with Crippen LogP contribution in [0.2, 0.25) is 0 Å². The van der Waals surface area contributed by atoms with Gasteiger partial charge in [0.05, 0.1) is 12.5 Å². The van der Waals surface area contributed by atoms with E-state index in [4.69, 9.17) is 10.00 Å². The molecule has 0 aliphatic carbocycles. The van der Waals surface area contributed by atoms with Gasteiger partial charge in [-0.1, -0.05) is 54.6 Å². The molecule has 0 aliphatic heterocycles. The number of phenolic OH excluding ortho intramolecular Hbond substituents is 2. The van der Waals surface area contributed by atoms with E-state index in [2.05, 4.69) is 0 Å². The predicted octanol–water partition coefficient (Wildman–Crippen LogP) is 5.46. The zero-order valence-electron chi connectivity index (χ0n) is 16.8. The van der Waals surface area contributed by atoms with Crippen molar-refractivity contribution in [3.63, 3.8) is 0 Å². The topological polar surface area (TPSA) is 90.5 Å². The minimum Gasteiger partial charge on any atom is -0.507 e. The Labute approximate surface area is 179 Å². The van der Waals surface area contributed by atoms with Crippen molar-refractivity contribution in [1.82, 2.24) is 0 Å². The first-order chi connectivity index (χ1) is 15.1. The fourth-order valence-corrected chi connectivity index (χ4v) is 3.84. The van der Waals surface area contributed by atoms with E-state index in [1.54, 1.807) is 12.1 Å². The molecule has 0 atom stereocenters. The van der Waals surface area contributed by atoms with Crippen molar-refractivity contribution in [2.24, 2.45) is 0 Å². The van der Waals surface area contributed by atoms with Crippen LogP contribution in [0.1, 0.15) is 18.4 Å². The summed E-state index contributed by atoms with van der Waals surface area (Å²) in [5.41, 5.74) is 2.13. The Morgan fingerprint density at radius 1 is 0.871 bits per heavy atom. The van der Waals surface area contributed by atoms with Gasteiger partial charge in [-0.3, -0.25) is 4.79 Å². The standard InChI is InChI=1S/C26H21NO4/c27-14-3-15-31-24(30)13-7-17-6-10-21-19(16-17)9-12-23(29)26(21)25-20-5-2-1-4-18(20)8-11-22(25)28/h1-2,4-6,8-12,16,28-29H,3,7,13,15H2. The summed E-state index contributed by atoms with van der Waals surface area (Å²) >= 11 is 0. The molecule has 4 rings (SSSR count). The Hall–Kier alpha value is -4.04. The zero-order chi connectivity index (χ0) is 21.8. The number of ether oxygens (including phenoxy) is 1. The van der Waals surface area contributed by atoms with Crippen LogP contribution in [-0.4, -0.2) is 22.8 Å². The van der Waals surface area contributed by atoms with Crippen molar-refractivity contribution in [3.8, 4) is 28.7 Å². The summed E-state index contributed by atoms with van der Waals surface area (Å²) in [6.07, 6.45) is 0.929. The second-order valence-electron chi connectivity index (χ2n) is 7.32. The normalized spacial score (nSPS) is 10.8. The van der Waals surface area contributed by atoms with Gasteiger partial charge in [-0.15, -0.1) is 0 Å². The van der Waals surface area contributed by atoms with Gasteiger partial charge in [0.1, 0.15) is 18.1 Å². The Morgan fingerprint density at radius 3 is 2.29 bits per heavy atom. The average Bonchev–Trinajstić information content (AvgIpc) is 2.78. The summed E-state index contributed by atoms with van der Waals surface area (Å²) in [5, 5.41) is 33.4. The van der Waals surface area contributed by atoms with Crippen molar-refractivity contribution in [2.75, 3.05) is 6.61 Å². The largest absolute Gasteiger partial charge is 0.507 e. The van der Waals surface area contributed by atoms with E-state index in [1.165, 1.54) is 0 Å². The summed E-state index contributed by atoms with van der Waals surface area (Å²) in [5.74, 6) is -0.138. The first kappa shape index (κ1) is 20.2. The Morgan fingerprint density at radius 2 is 1.55 bits per heavy atom. The predicted molar refractivity (Wildman–Crippen MR) is 120 cm³/mol. The summed E-state index contributed by atoms with van der Waals surface area (Å²) in [6.45, 7) is 0.115. The number of benzene rings is 4. The Balaban J connectivity index is 1.71. The van der Waals surface area contributed by atoms with Gasteiger partial charge in [-0.05, 0) is 45.7 Å². The van der Waals surface area contributed by atoms with Gasteiger partial charge >= 0.3 is 5.97 Å². The van der Waals surface area contributed by atoms with Gasteiger partial charge in [0.25, 0.3) is 0 Å². The van der Waals surface area contributed by atoms with E-state index in [-0.39, 0.29) is 36.9 Å². The van der Waals surface area contributed by atoms with Crippen molar-refractivity contribution < 1.29 is 19.7 Å². The number of hydrogen-bond acceptors (Lipinski definition) is 5. The lowest BCUT2D eigenvalue weighted by atomic mass is 9.91. The number of hydrogen-bond donors (Lipinski definition) is 2. The molecule has 2 N–H and O–H groups in total. The monoisotopic (exact) mass is 411 g/mol. The highest BCUT2D eigenvalue weighted by atomic mass is 16.5. The van der Waals surface area contributed by atoms with Crippen LogP contribution in [0.4, 0.5) is 0 Å². The summed E-state index contributed by atoms with van der Waals surface area (Å²) in [7, 11) is 0. The maximum Gasteiger partial charge on any atom is 0.306 e. The molecular formula is C26H21NO4. The minimum absolute atomic E-state index is 0.0907. The lowest BCUT2D eigenvalue weighted by Crippen LogP contribution is -2.06. The number of rotatable bonds is 6. The van der Waals surface area contributed by atoms with Crippen molar-refractivity contribution in [3.05, 3.63) is 72.3 Å². The number of aryl methyl sites for hydroxylation is 1. The number of esters is 1. The van der Waals surface area contributed by atoms with E-state index in [1.807, 2.05) is 60.7 Å². The molecule has 5 heteroatoms. The highest BCUT2D eigenvalue weighted by molar-refractivity contribution is 6.09. The van der Waals surface area contributed by atoms with Crippen LogP contribution in [-0.2, 0) is 16.0 Å².